The van der Waals surface area contributed by atoms with E-state index in [0.29, 0.717) is 11.3 Å². The molecule has 2 aromatic rings. The molecule has 0 aliphatic heterocycles. The van der Waals surface area contributed by atoms with E-state index in [0.717, 1.165) is 5.56 Å². The van der Waals surface area contributed by atoms with E-state index in [1.165, 1.54) is 12.3 Å². The number of rotatable bonds is 5. The highest BCUT2D eigenvalue weighted by Crippen LogP contribution is 2.18. The minimum atomic E-state index is -0.408. The van der Waals surface area contributed by atoms with Crippen molar-refractivity contribution in [2.45, 2.75) is 6.54 Å². The van der Waals surface area contributed by atoms with E-state index in [1.54, 1.807) is 31.4 Å². The molecular weight excluding hydrogens is 283 g/mol. The Morgan fingerprint density at radius 1 is 1.18 bits per heavy atom. The van der Waals surface area contributed by atoms with Gasteiger partial charge in [0.15, 0.2) is 0 Å². The number of nitrogens with one attached hydrogen (secondary N) is 2. The van der Waals surface area contributed by atoms with Crippen molar-refractivity contribution in [1.82, 2.24) is 10.6 Å². The van der Waals surface area contributed by atoms with Gasteiger partial charge in [-0.1, -0.05) is 36.4 Å². The van der Waals surface area contributed by atoms with Crippen LogP contribution in [0.25, 0.3) is 6.08 Å². The fourth-order valence-corrected chi connectivity index (χ4v) is 1.88. The van der Waals surface area contributed by atoms with Crippen molar-refractivity contribution in [3.8, 4) is 5.75 Å². The van der Waals surface area contributed by atoms with Crippen molar-refractivity contribution in [1.29, 1.82) is 0 Å². The second-order valence-electron chi connectivity index (χ2n) is 4.49. The van der Waals surface area contributed by atoms with Gasteiger partial charge in [0.05, 0.1) is 7.11 Å². The molecule has 0 bridgehead atoms. The third-order valence-electron chi connectivity index (χ3n) is 3.01. The minimum Gasteiger partial charge on any atom is -0.496 e. The van der Waals surface area contributed by atoms with Gasteiger partial charge in [-0.25, -0.2) is 9.18 Å². The number of ether oxygens (including phenoxy) is 1. The van der Waals surface area contributed by atoms with Crippen LogP contribution in [0.15, 0.2) is 54.7 Å². The van der Waals surface area contributed by atoms with Crippen molar-refractivity contribution in [2.24, 2.45) is 0 Å². The lowest BCUT2D eigenvalue weighted by atomic mass is 10.2. The first-order valence-electron chi connectivity index (χ1n) is 6.78. The van der Waals surface area contributed by atoms with E-state index in [2.05, 4.69) is 10.6 Å². The Hall–Kier alpha value is -2.82. The molecule has 0 heterocycles. The summed E-state index contributed by atoms with van der Waals surface area (Å²) < 4.78 is 18.6. The van der Waals surface area contributed by atoms with E-state index in [-0.39, 0.29) is 12.4 Å². The average Bonchev–Trinajstić information content (AvgIpc) is 2.54. The van der Waals surface area contributed by atoms with E-state index < -0.39 is 6.03 Å². The lowest BCUT2D eigenvalue weighted by Crippen LogP contribution is -2.31. The van der Waals surface area contributed by atoms with Gasteiger partial charge in [0.1, 0.15) is 11.6 Å². The van der Waals surface area contributed by atoms with Crippen LogP contribution in [-0.4, -0.2) is 13.1 Å². The third-order valence-corrected chi connectivity index (χ3v) is 3.01. The summed E-state index contributed by atoms with van der Waals surface area (Å²) in [7, 11) is 1.58. The van der Waals surface area contributed by atoms with E-state index in [1.807, 2.05) is 24.3 Å². The van der Waals surface area contributed by atoms with Gasteiger partial charge in [-0.2, -0.15) is 0 Å². The molecule has 2 amide bonds. The molecule has 114 valence electrons. The monoisotopic (exact) mass is 300 g/mol. The summed E-state index contributed by atoms with van der Waals surface area (Å²) in [6, 6.07) is 13.3. The average molecular weight is 300 g/mol. The maximum Gasteiger partial charge on any atom is 0.319 e. The summed E-state index contributed by atoms with van der Waals surface area (Å²) in [4.78, 5) is 11.6. The number of para-hydroxylation sites is 1. The van der Waals surface area contributed by atoms with Crippen molar-refractivity contribution in [3.63, 3.8) is 0 Å². The summed E-state index contributed by atoms with van der Waals surface area (Å²) in [5.41, 5.74) is 1.28. The molecule has 2 aromatic carbocycles. The molecule has 0 unspecified atom stereocenters. The van der Waals surface area contributed by atoms with Gasteiger partial charge >= 0.3 is 6.03 Å². The number of amides is 2. The number of carbonyl (C=O) groups excluding carboxylic acids is 1. The summed E-state index contributed by atoms with van der Waals surface area (Å²) >= 11 is 0. The maximum absolute atomic E-state index is 13.4. The molecular formula is C17H17FN2O2. The normalized spacial score (nSPS) is 10.5. The number of urea groups is 1. The van der Waals surface area contributed by atoms with Crippen molar-refractivity contribution < 1.29 is 13.9 Å². The third kappa shape index (κ3) is 4.34. The topological polar surface area (TPSA) is 50.4 Å². The molecule has 0 atom stereocenters. The molecule has 0 saturated carbocycles. The second kappa shape index (κ2) is 7.83. The molecule has 0 spiro atoms. The van der Waals surface area contributed by atoms with Gasteiger partial charge in [-0.05, 0) is 18.2 Å². The Bertz CT molecular complexity index is 671. The number of benzene rings is 2. The van der Waals surface area contributed by atoms with Crippen LogP contribution in [0.1, 0.15) is 11.1 Å². The largest absolute Gasteiger partial charge is 0.496 e. The zero-order valence-electron chi connectivity index (χ0n) is 12.2. The first-order valence-corrected chi connectivity index (χ1v) is 6.78. The van der Waals surface area contributed by atoms with Gasteiger partial charge in [0.25, 0.3) is 0 Å². The van der Waals surface area contributed by atoms with Crippen molar-refractivity contribution in [2.75, 3.05) is 7.11 Å². The molecule has 22 heavy (non-hydrogen) atoms. The molecule has 2 rings (SSSR count). The highest BCUT2D eigenvalue weighted by atomic mass is 19.1. The first kappa shape index (κ1) is 15.6. The number of carbonyl (C=O) groups is 1. The van der Waals surface area contributed by atoms with Crippen LogP contribution in [0.2, 0.25) is 0 Å². The number of halogens is 1. The lowest BCUT2D eigenvalue weighted by molar-refractivity contribution is 0.243. The van der Waals surface area contributed by atoms with E-state index in [9.17, 15) is 9.18 Å². The summed E-state index contributed by atoms with van der Waals surface area (Å²) in [6.07, 6.45) is 3.23. The standard InChI is InChI=1S/C17H17FN2O2/c1-22-16-9-5-3-6-13(16)10-11-19-17(21)20-12-14-7-2-4-8-15(14)18/h2-11H,12H2,1H3,(H2,19,20,21)/b11-10+. The zero-order valence-corrected chi connectivity index (χ0v) is 12.2. The molecule has 2 N–H and O–H groups in total. The smallest absolute Gasteiger partial charge is 0.319 e. The molecule has 0 aliphatic carbocycles. The predicted molar refractivity (Wildman–Crippen MR) is 83.8 cm³/mol. The Morgan fingerprint density at radius 3 is 2.68 bits per heavy atom. The number of hydrogen-bond donors (Lipinski definition) is 2. The quantitative estimate of drug-likeness (QED) is 0.890. The van der Waals surface area contributed by atoms with E-state index >= 15 is 0 Å². The summed E-state index contributed by atoms with van der Waals surface area (Å²) in [5.74, 6) is 0.375. The predicted octanol–water partition coefficient (Wildman–Crippen LogP) is 3.30. The molecule has 0 radical (unpaired) electrons. The summed E-state index contributed by atoms with van der Waals surface area (Å²) in [6.45, 7) is 0.126. The van der Waals surface area contributed by atoms with Gasteiger partial charge in [0, 0.05) is 23.9 Å². The highest BCUT2D eigenvalue weighted by molar-refractivity contribution is 5.76. The Kier molecular flexibility index (Phi) is 5.54. The highest BCUT2D eigenvalue weighted by Gasteiger charge is 2.02. The lowest BCUT2D eigenvalue weighted by Gasteiger charge is -2.06. The molecule has 0 fully saturated rings. The van der Waals surface area contributed by atoms with Gasteiger partial charge in [-0.15, -0.1) is 0 Å². The fourth-order valence-electron chi connectivity index (χ4n) is 1.88. The number of methoxy groups -OCH3 is 1. The van der Waals surface area contributed by atoms with Gasteiger partial charge < -0.3 is 15.4 Å². The van der Waals surface area contributed by atoms with Crippen molar-refractivity contribution in [3.05, 3.63) is 71.7 Å². The number of hydrogen-bond acceptors (Lipinski definition) is 2. The molecule has 0 saturated heterocycles. The van der Waals surface area contributed by atoms with Gasteiger partial charge in [-0.3, -0.25) is 0 Å². The maximum atomic E-state index is 13.4. The van der Waals surface area contributed by atoms with Crippen LogP contribution < -0.4 is 15.4 Å². The van der Waals surface area contributed by atoms with Crippen molar-refractivity contribution >= 4 is 12.1 Å². The van der Waals surface area contributed by atoms with Crippen LogP contribution in [0, 0.1) is 5.82 Å². The summed E-state index contributed by atoms with van der Waals surface area (Å²) in [5, 5.41) is 5.15. The van der Waals surface area contributed by atoms with Crippen LogP contribution in [0.3, 0.4) is 0 Å². The van der Waals surface area contributed by atoms with Crippen LogP contribution >= 0.6 is 0 Å². The SMILES string of the molecule is COc1ccccc1/C=C/NC(=O)NCc1ccccc1F. The van der Waals surface area contributed by atoms with Crippen LogP contribution in [0.5, 0.6) is 5.75 Å². The van der Waals surface area contributed by atoms with Crippen LogP contribution in [-0.2, 0) is 6.54 Å². The molecule has 0 aliphatic rings. The van der Waals surface area contributed by atoms with Gasteiger partial charge in [0.2, 0.25) is 0 Å². The van der Waals surface area contributed by atoms with E-state index in [4.69, 9.17) is 4.74 Å². The Morgan fingerprint density at radius 2 is 1.91 bits per heavy atom. The molecule has 5 heteroatoms. The molecule has 4 nitrogen and oxygen atoms in total. The zero-order chi connectivity index (χ0) is 15.8. The molecule has 0 aromatic heterocycles. The minimum absolute atomic E-state index is 0.126. The van der Waals surface area contributed by atoms with Crippen LogP contribution in [0.4, 0.5) is 9.18 Å². The Balaban J connectivity index is 1.85. The fraction of sp³-hybridized carbons (Fsp3) is 0.118. The Labute approximate surface area is 128 Å². The first-order chi connectivity index (χ1) is 10.7. The second-order valence-corrected chi connectivity index (χ2v) is 4.49.